The summed E-state index contributed by atoms with van der Waals surface area (Å²) in [4.78, 5) is 21.6. The first-order valence-corrected chi connectivity index (χ1v) is 7.91. The van der Waals surface area contributed by atoms with E-state index in [9.17, 15) is 4.79 Å². The van der Waals surface area contributed by atoms with Crippen molar-refractivity contribution in [3.63, 3.8) is 0 Å². The lowest BCUT2D eigenvalue weighted by Crippen LogP contribution is -2.37. The average molecular weight is 309 g/mol. The molecule has 5 heteroatoms. The van der Waals surface area contributed by atoms with Crippen molar-refractivity contribution >= 4 is 6.08 Å². The fraction of sp³-hybridized carbons (Fsp3) is 0.333. The number of ether oxygens (including phenoxy) is 1. The summed E-state index contributed by atoms with van der Waals surface area (Å²) in [7, 11) is 0. The Labute approximate surface area is 134 Å². The molecule has 23 heavy (non-hydrogen) atoms. The molecule has 2 aliphatic heterocycles. The van der Waals surface area contributed by atoms with Crippen molar-refractivity contribution in [1.29, 1.82) is 0 Å². The summed E-state index contributed by atoms with van der Waals surface area (Å²) in [5.74, 6) is 1.63. The van der Waals surface area contributed by atoms with Crippen molar-refractivity contribution in [1.82, 2.24) is 14.9 Å². The number of para-hydroxylation sites is 1. The van der Waals surface area contributed by atoms with Gasteiger partial charge in [0.2, 0.25) is 0 Å². The SMILES string of the molecule is Cc1nc2c(c(=O)[nH]1)CCN(CC1=Cc3ccccc3OC1)C2. The van der Waals surface area contributed by atoms with Gasteiger partial charge in [-0.05, 0) is 31.1 Å². The number of nitrogens with zero attached hydrogens (tertiary/aromatic N) is 2. The summed E-state index contributed by atoms with van der Waals surface area (Å²) < 4.78 is 5.82. The van der Waals surface area contributed by atoms with Gasteiger partial charge in [0.05, 0.1) is 5.69 Å². The lowest BCUT2D eigenvalue weighted by Gasteiger charge is -2.29. The topological polar surface area (TPSA) is 58.2 Å². The molecular formula is C18H19N3O2. The predicted molar refractivity (Wildman–Crippen MR) is 88.5 cm³/mol. The van der Waals surface area contributed by atoms with Crippen LogP contribution in [0.25, 0.3) is 6.08 Å². The van der Waals surface area contributed by atoms with Crippen molar-refractivity contribution in [2.75, 3.05) is 19.7 Å². The highest BCUT2D eigenvalue weighted by molar-refractivity contribution is 5.62. The molecule has 0 saturated heterocycles. The summed E-state index contributed by atoms with van der Waals surface area (Å²) in [6, 6.07) is 8.09. The number of fused-ring (bicyclic) bond motifs is 2. The number of rotatable bonds is 2. The fourth-order valence-electron chi connectivity index (χ4n) is 3.29. The van der Waals surface area contributed by atoms with E-state index in [-0.39, 0.29) is 5.56 Å². The molecule has 0 atom stereocenters. The number of hydrogen-bond acceptors (Lipinski definition) is 4. The molecule has 1 N–H and O–H groups in total. The van der Waals surface area contributed by atoms with Crippen LogP contribution in [0.1, 0.15) is 22.6 Å². The van der Waals surface area contributed by atoms with E-state index in [1.807, 2.05) is 25.1 Å². The Balaban J connectivity index is 1.53. The Hall–Kier alpha value is -2.40. The summed E-state index contributed by atoms with van der Waals surface area (Å²) in [5.41, 5.74) is 4.16. The second kappa shape index (κ2) is 5.66. The third kappa shape index (κ3) is 2.80. The lowest BCUT2D eigenvalue weighted by atomic mass is 10.0. The average Bonchev–Trinajstić information content (AvgIpc) is 2.54. The molecule has 0 spiro atoms. The van der Waals surface area contributed by atoms with Gasteiger partial charge in [-0.1, -0.05) is 18.2 Å². The number of aryl methyl sites for hydroxylation is 1. The van der Waals surface area contributed by atoms with E-state index in [2.05, 4.69) is 27.0 Å². The first-order valence-electron chi connectivity index (χ1n) is 7.91. The monoisotopic (exact) mass is 309 g/mol. The second-order valence-electron chi connectivity index (χ2n) is 6.17. The van der Waals surface area contributed by atoms with E-state index < -0.39 is 0 Å². The van der Waals surface area contributed by atoms with Crippen molar-refractivity contribution < 1.29 is 4.74 Å². The molecule has 0 saturated carbocycles. The summed E-state index contributed by atoms with van der Waals surface area (Å²) in [5, 5.41) is 0. The van der Waals surface area contributed by atoms with Gasteiger partial charge in [-0.3, -0.25) is 9.69 Å². The number of hydrogen-bond donors (Lipinski definition) is 1. The van der Waals surface area contributed by atoms with Gasteiger partial charge in [-0.25, -0.2) is 4.98 Å². The maximum absolute atomic E-state index is 12.0. The third-order valence-corrected chi connectivity index (χ3v) is 4.39. The normalized spacial score (nSPS) is 17.0. The minimum Gasteiger partial charge on any atom is -0.489 e. The Morgan fingerprint density at radius 3 is 3.13 bits per heavy atom. The zero-order chi connectivity index (χ0) is 15.8. The number of aromatic nitrogens is 2. The van der Waals surface area contributed by atoms with Crippen LogP contribution in [-0.2, 0) is 13.0 Å². The second-order valence-corrected chi connectivity index (χ2v) is 6.17. The van der Waals surface area contributed by atoms with E-state index in [4.69, 9.17) is 4.74 Å². The van der Waals surface area contributed by atoms with Crippen LogP contribution in [0.5, 0.6) is 5.75 Å². The van der Waals surface area contributed by atoms with Gasteiger partial charge in [-0.2, -0.15) is 0 Å². The maximum atomic E-state index is 12.0. The van der Waals surface area contributed by atoms with Crippen LogP contribution >= 0.6 is 0 Å². The standard InChI is InChI=1S/C18H19N3O2/c1-12-19-16-10-21(7-6-15(16)18(22)20-12)9-13-8-14-4-2-3-5-17(14)23-11-13/h2-5,8H,6-7,9-11H2,1H3,(H,19,20,22). The predicted octanol–water partition coefficient (Wildman–Crippen LogP) is 1.91. The smallest absolute Gasteiger partial charge is 0.254 e. The third-order valence-electron chi connectivity index (χ3n) is 4.39. The summed E-state index contributed by atoms with van der Waals surface area (Å²) in [6.07, 6.45) is 2.97. The number of benzene rings is 1. The molecular weight excluding hydrogens is 290 g/mol. The quantitative estimate of drug-likeness (QED) is 0.921. The number of aromatic amines is 1. The van der Waals surface area contributed by atoms with Crippen molar-refractivity contribution in [3.8, 4) is 5.75 Å². The van der Waals surface area contributed by atoms with Crippen molar-refractivity contribution in [3.05, 3.63) is 62.8 Å². The first-order chi connectivity index (χ1) is 11.2. The van der Waals surface area contributed by atoms with Crippen LogP contribution < -0.4 is 10.3 Å². The molecule has 118 valence electrons. The molecule has 0 aliphatic carbocycles. The minimum absolute atomic E-state index is 0.0151. The Morgan fingerprint density at radius 1 is 1.35 bits per heavy atom. The highest BCUT2D eigenvalue weighted by Gasteiger charge is 2.22. The molecule has 1 aromatic heterocycles. The van der Waals surface area contributed by atoms with Crippen LogP contribution in [0.3, 0.4) is 0 Å². The largest absolute Gasteiger partial charge is 0.489 e. The van der Waals surface area contributed by atoms with Crippen molar-refractivity contribution in [2.45, 2.75) is 19.9 Å². The maximum Gasteiger partial charge on any atom is 0.254 e. The summed E-state index contributed by atoms with van der Waals surface area (Å²) in [6.45, 7) is 4.90. The number of H-pyrrole nitrogens is 1. The van der Waals surface area contributed by atoms with Gasteiger partial charge in [0.1, 0.15) is 18.2 Å². The summed E-state index contributed by atoms with van der Waals surface area (Å²) >= 11 is 0. The molecule has 0 radical (unpaired) electrons. The molecule has 1 aromatic carbocycles. The highest BCUT2D eigenvalue weighted by Crippen LogP contribution is 2.26. The Bertz CT molecular complexity index is 838. The van der Waals surface area contributed by atoms with Gasteiger partial charge < -0.3 is 9.72 Å². The zero-order valence-electron chi connectivity index (χ0n) is 13.1. The van der Waals surface area contributed by atoms with E-state index in [0.29, 0.717) is 12.4 Å². The number of nitrogens with one attached hydrogen (secondary N) is 1. The fourth-order valence-corrected chi connectivity index (χ4v) is 3.29. The Kier molecular flexibility index (Phi) is 3.50. The highest BCUT2D eigenvalue weighted by atomic mass is 16.5. The van der Waals surface area contributed by atoms with Crippen LogP contribution in [0, 0.1) is 6.92 Å². The van der Waals surface area contributed by atoms with Crippen LogP contribution in [0.4, 0.5) is 0 Å². The van der Waals surface area contributed by atoms with Crippen LogP contribution in [0.2, 0.25) is 0 Å². The van der Waals surface area contributed by atoms with Crippen molar-refractivity contribution in [2.24, 2.45) is 0 Å². The molecule has 0 amide bonds. The Morgan fingerprint density at radius 2 is 2.22 bits per heavy atom. The van der Waals surface area contributed by atoms with E-state index in [1.165, 1.54) is 5.57 Å². The van der Waals surface area contributed by atoms with Gasteiger partial charge in [0, 0.05) is 30.8 Å². The van der Waals surface area contributed by atoms with E-state index in [1.54, 1.807) is 0 Å². The minimum atomic E-state index is 0.0151. The van der Waals surface area contributed by atoms with Gasteiger partial charge in [0.15, 0.2) is 0 Å². The molecule has 2 aliphatic rings. The zero-order valence-corrected chi connectivity index (χ0v) is 13.1. The van der Waals surface area contributed by atoms with E-state index >= 15 is 0 Å². The lowest BCUT2D eigenvalue weighted by molar-refractivity contribution is 0.252. The first kappa shape index (κ1) is 14.2. The van der Waals surface area contributed by atoms with Crippen LogP contribution in [0.15, 0.2) is 34.6 Å². The molecule has 3 heterocycles. The van der Waals surface area contributed by atoms with Gasteiger partial charge >= 0.3 is 0 Å². The van der Waals surface area contributed by atoms with Gasteiger partial charge in [0.25, 0.3) is 5.56 Å². The van der Waals surface area contributed by atoms with Gasteiger partial charge in [-0.15, -0.1) is 0 Å². The van der Waals surface area contributed by atoms with Crippen LogP contribution in [-0.4, -0.2) is 34.6 Å². The molecule has 2 aromatic rings. The molecule has 0 unspecified atom stereocenters. The molecule has 5 nitrogen and oxygen atoms in total. The molecule has 0 bridgehead atoms. The molecule has 4 rings (SSSR count). The van der Waals surface area contributed by atoms with E-state index in [0.717, 1.165) is 48.6 Å². The molecule has 0 fully saturated rings.